The molecule has 0 radical (unpaired) electrons. The summed E-state index contributed by atoms with van der Waals surface area (Å²) in [4.78, 5) is 1.63. The summed E-state index contributed by atoms with van der Waals surface area (Å²) >= 11 is 2.06. The molecule has 0 N–H and O–H groups in total. The average Bonchev–Trinajstić information content (AvgIpc) is 2.05. The Kier molecular flexibility index (Phi) is 3.33. The molecule has 1 atom stereocenters. The van der Waals surface area contributed by atoms with Gasteiger partial charge in [0, 0.05) is 0 Å². The van der Waals surface area contributed by atoms with Gasteiger partial charge in [0.25, 0.3) is 0 Å². The van der Waals surface area contributed by atoms with Crippen molar-refractivity contribution in [1.82, 2.24) is 0 Å². The van der Waals surface area contributed by atoms with E-state index in [9.17, 15) is 0 Å². The van der Waals surface area contributed by atoms with Gasteiger partial charge in [0.15, 0.2) is 0 Å². The van der Waals surface area contributed by atoms with E-state index in [0.717, 1.165) is 5.92 Å². The first-order valence-electron chi connectivity index (χ1n) is 4.17. The summed E-state index contributed by atoms with van der Waals surface area (Å²) in [5, 5.41) is 0. The van der Waals surface area contributed by atoms with Crippen LogP contribution >= 0.6 is 11.8 Å². The van der Waals surface area contributed by atoms with Gasteiger partial charge in [-0.2, -0.15) is 0 Å². The third-order valence-corrected chi connectivity index (χ3v) is 3.46. The van der Waals surface area contributed by atoms with Gasteiger partial charge in [-0.1, -0.05) is 19.9 Å². The van der Waals surface area contributed by atoms with Gasteiger partial charge in [0.1, 0.15) is 0 Å². The largest absolute Gasteiger partial charge is 0.131 e. The molecule has 0 aliphatic carbocycles. The molecule has 0 nitrogen and oxygen atoms in total. The van der Waals surface area contributed by atoms with Gasteiger partial charge in [-0.3, -0.25) is 0 Å². The van der Waals surface area contributed by atoms with Crippen molar-refractivity contribution in [2.24, 2.45) is 5.92 Å². The quantitative estimate of drug-likeness (QED) is 0.590. The minimum Gasteiger partial charge on any atom is -0.131 e. The highest BCUT2D eigenvalue weighted by Crippen LogP contribution is 2.31. The minimum atomic E-state index is 0.810. The van der Waals surface area contributed by atoms with Crippen LogP contribution in [0.3, 0.4) is 0 Å². The average molecular weight is 156 g/mol. The molecule has 1 aliphatic rings. The second-order valence-corrected chi connectivity index (χ2v) is 4.07. The van der Waals surface area contributed by atoms with E-state index in [-0.39, 0.29) is 0 Å². The molecule has 0 amide bonds. The fraction of sp³-hybridized carbons (Fsp3) is 0.778. The second-order valence-electron chi connectivity index (χ2n) is 2.91. The minimum absolute atomic E-state index is 0.810. The normalized spacial score (nSPS) is 22.0. The van der Waals surface area contributed by atoms with Crippen molar-refractivity contribution in [2.75, 3.05) is 5.75 Å². The first-order chi connectivity index (χ1) is 4.84. The van der Waals surface area contributed by atoms with E-state index in [0.29, 0.717) is 0 Å². The summed E-state index contributed by atoms with van der Waals surface area (Å²) in [5.41, 5.74) is 0. The second kappa shape index (κ2) is 4.07. The van der Waals surface area contributed by atoms with Gasteiger partial charge in [-0.25, -0.2) is 0 Å². The molecule has 1 rings (SSSR count). The molecule has 0 bridgehead atoms. The smallest absolute Gasteiger partial charge is 0.00203 e. The maximum Gasteiger partial charge on any atom is -0.00203 e. The lowest BCUT2D eigenvalue weighted by atomic mass is 10.1. The standard InChI is InChI=1S/C9H16S/c1-3-8(2)9-6-4-5-7-10-9/h6,8H,3-5,7H2,1-2H3. The molecule has 1 unspecified atom stereocenters. The zero-order chi connectivity index (χ0) is 7.40. The number of hydrogen-bond acceptors (Lipinski definition) is 1. The Balaban J connectivity index is 2.44. The molecular weight excluding hydrogens is 140 g/mol. The summed E-state index contributed by atoms with van der Waals surface area (Å²) in [6.07, 6.45) is 6.40. The molecule has 0 aromatic carbocycles. The van der Waals surface area contributed by atoms with E-state index in [2.05, 4.69) is 31.7 Å². The molecule has 0 fully saturated rings. The van der Waals surface area contributed by atoms with Crippen LogP contribution in [-0.4, -0.2) is 5.75 Å². The van der Waals surface area contributed by atoms with Crippen molar-refractivity contribution in [3.63, 3.8) is 0 Å². The van der Waals surface area contributed by atoms with Gasteiger partial charge in [-0.05, 0) is 35.8 Å². The number of allylic oxidation sites excluding steroid dienone is 2. The van der Waals surface area contributed by atoms with Crippen LogP contribution in [0.15, 0.2) is 11.0 Å². The van der Waals surface area contributed by atoms with Gasteiger partial charge >= 0.3 is 0 Å². The molecule has 58 valence electrons. The summed E-state index contributed by atoms with van der Waals surface area (Å²) in [5.74, 6) is 2.15. The monoisotopic (exact) mass is 156 g/mol. The van der Waals surface area contributed by atoms with Crippen LogP contribution in [0.1, 0.15) is 33.1 Å². The molecule has 0 aromatic rings. The summed E-state index contributed by atoms with van der Waals surface area (Å²) < 4.78 is 0. The Morgan fingerprint density at radius 1 is 1.70 bits per heavy atom. The molecule has 0 aromatic heterocycles. The molecular formula is C9H16S. The van der Waals surface area contributed by atoms with Gasteiger partial charge in [-0.15, -0.1) is 11.8 Å². The van der Waals surface area contributed by atoms with E-state index in [1.54, 1.807) is 4.91 Å². The van der Waals surface area contributed by atoms with Gasteiger partial charge < -0.3 is 0 Å². The highest BCUT2D eigenvalue weighted by atomic mass is 32.2. The topological polar surface area (TPSA) is 0 Å². The third kappa shape index (κ3) is 2.05. The summed E-state index contributed by atoms with van der Waals surface area (Å²) in [7, 11) is 0. The van der Waals surface area contributed by atoms with Crippen molar-refractivity contribution in [3.05, 3.63) is 11.0 Å². The van der Waals surface area contributed by atoms with E-state index < -0.39 is 0 Å². The molecule has 1 heterocycles. The highest BCUT2D eigenvalue weighted by Gasteiger charge is 2.09. The van der Waals surface area contributed by atoms with Crippen LogP contribution in [0.4, 0.5) is 0 Å². The fourth-order valence-electron chi connectivity index (χ4n) is 1.12. The third-order valence-electron chi connectivity index (χ3n) is 2.06. The van der Waals surface area contributed by atoms with Crippen LogP contribution < -0.4 is 0 Å². The highest BCUT2D eigenvalue weighted by molar-refractivity contribution is 8.03. The maximum atomic E-state index is 2.42. The first kappa shape index (κ1) is 8.19. The number of thioether (sulfide) groups is 1. The maximum absolute atomic E-state index is 2.42. The van der Waals surface area contributed by atoms with Crippen LogP contribution in [0.5, 0.6) is 0 Å². The van der Waals surface area contributed by atoms with E-state index in [1.165, 1.54) is 25.0 Å². The van der Waals surface area contributed by atoms with E-state index in [4.69, 9.17) is 0 Å². The first-order valence-corrected chi connectivity index (χ1v) is 5.16. The fourth-order valence-corrected chi connectivity index (χ4v) is 2.35. The predicted octanol–water partition coefficient (Wildman–Crippen LogP) is 3.44. The van der Waals surface area contributed by atoms with Crippen molar-refractivity contribution in [2.45, 2.75) is 33.1 Å². The lowest BCUT2D eigenvalue weighted by Gasteiger charge is -2.16. The molecule has 0 saturated heterocycles. The van der Waals surface area contributed by atoms with Crippen LogP contribution in [0.25, 0.3) is 0 Å². The molecule has 1 aliphatic heterocycles. The lowest BCUT2D eigenvalue weighted by molar-refractivity contribution is 0.679. The Labute approximate surface area is 68.1 Å². The van der Waals surface area contributed by atoms with Crippen LogP contribution in [-0.2, 0) is 0 Å². The molecule has 0 spiro atoms. The Morgan fingerprint density at radius 3 is 3.00 bits per heavy atom. The summed E-state index contributed by atoms with van der Waals surface area (Å²) in [6.45, 7) is 4.59. The Bertz CT molecular complexity index is 127. The summed E-state index contributed by atoms with van der Waals surface area (Å²) in [6, 6.07) is 0. The number of rotatable bonds is 2. The Hall–Kier alpha value is 0.0900. The number of hydrogen-bond donors (Lipinski definition) is 0. The van der Waals surface area contributed by atoms with Crippen molar-refractivity contribution < 1.29 is 0 Å². The van der Waals surface area contributed by atoms with Gasteiger partial charge in [0.05, 0.1) is 0 Å². The van der Waals surface area contributed by atoms with E-state index in [1.807, 2.05) is 0 Å². The Morgan fingerprint density at radius 2 is 2.50 bits per heavy atom. The zero-order valence-electron chi connectivity index (χ0n) is 6.89. The van der Waals surface area contributed by atoms with Crippen molar-refractivity contribution in [1.29, 1.82) is 0 Å². The zero-order valence-corrected chi connectivity index (χ0v) is 7.71. The van der Waals surface area contributed by atoms with E-state index >= 15 is 0 Å². The molecule has 0 saturated carbocycles. The molecule has 10 heavy (non-hydrogen) atoms. The van der Waals surface area contributed by atoms with Crippen LogP contribution in [0, 0.1) is 5.92 Å². The van der Waals surface area contributed by atoms with Gasteiger partial charge in [0.2, 0.25) is 0 Å². The lowest BCUT2D eigenvalue weighted by Crippen LogP contribution is -1.99. The predicted molar refractivity (Wildman–Crippen MR) is 49.2 cm³/mol. The molecule has 1 heteroatoms. The van der Waals surface area contributed by atoms with Crippen LogP contribution in [0.2, 0.25) is 0 Å². The van der Waals surface area contributed by atoms with Crippen molar-refractivity contribution in [3.8, 4) is 0 Å². The SMILES string of the molecule is CCC(C)C1=CCCCS1. The van der Waals surface area contributed by atoms with Crippen molar-refractivity contribution >= 4 is 11.8 Å².